The lowest BCUT2D eigenvalue weighted by Gasteiger charge is -2.23. The molecular formula is C17H18N6O2. The molecule has 8 nitrogen and oxygen atoms in total. The maximum atomic E-state index is 5.58. The molecule has 0 amide bonds. The Balaban J connectivity index is 1.64. The number of hydrogen-bond acceptors (Lipinski definition) is 8. The lowest BCUT2D eigenvalue weighted by molar-refractivity contribution is 0.361. The van der Waals surface area contributed by atoms with E-state index in [0.29, 0.717) is 23.3 Å². The Morgan fingerprint density at radius 2 is 2.04 bits per heavy atom. The van der Waals surface area contributed by atoms with Gasteiger partial charge in [0.15, 0.2) is 17.3 Å². The van der Waals surface area contributed by atoms with Crippen LogP contribution in [0.5, 0.6) is 5.88 Å². The highest BCUT2D eigenvalue weighted by Crippen LogP contribution is 2.36. The van der Waals surface area contributed by atoms with Crippen LogP contribution >= 0.6 is 0 Å². The normalized spacial score (nSPS) is 17.0. The van der Waals surface area contributed by atoms with Crippen LogP contribution in [0.2, 0.25) is 0 Å². The summed E-state index contributed by atoms with van der Waals surface area (Å²) in [7, 11) is 1.61. The molecular weight excluding hydrogens is 320 g/mol. The van der Waals surface area contributed by atoms with Gasteiger partial charge in [0.2, 0.25) is 11.8 Å². The molecule has 0 saturated carbocycles. The van der Waals surface area contributed by atoms with Crippen molar-refractivity contribution < 1.29 is 9.26 Å². The van der Waals surface area contributed by atoms with Crippen LogP contribution in [0.1, 0.15) is 30.3 Å². The summed E-state index contributed by atoms with van der Waals surface area (Å²) in [5.74, 6) is 2.52. The molecule has 0 spiro atoms. The highest BCUT2D eigenvalue weighted by atomic mass is 16.5. The Bertz CT molecular complexity index is 867. The summed E-state index contributed by atoms with van der Waals surface area (Å²) in [5.41, 5.74) is 1.49. The van der Waals surface area contributed by atoms with E-state index >= 15 is 0 Å². The summed E-state index contributed by atoms with van der Waals surface area (Å²) in [4.78, 5) is 19.6. The highest BCUT2D eigenvalue weighted by molar-refractivity contribution is 5.49. The van der Waals surface area contributed by atoms with E-state index in [0.717, 1.165) is 30.8 Å². The second kappa shape index (κ2) is 6.46. The molecule has 128 valence electrons. The number of aryl methyl sites for hydroxylation is 1. The summed E-state index contributed by atoms with van der Waals surface area (Å²) in [6.45, 7) is 2.78. The number of methoxy groups -OCH3 is 1. The van der Waals surface area contributed by atoms with Gasteiger partial charge in [0.1, 0.15) is 0 Å². The van der Waals surface area contributed by atoms with Crippen molar-refractivity contribution in [3.63, 3.8) is 0 Å². The van der Waals surface area contributed by atoms with Crippen molar-refractivity contribution in [3.05, 3.63) is 42.0 Å². The van der Waals surface area contributed by atoms with Crippen molar-refractivity contribution in [1.82, 2.24) is 25.1 Å². The zero-order valence-corrected chi connectivity index (χ0v) is 14.1. The van der Waals surface area contributed by atoms with Crippen molar-refractivity contribution in [2.75, 3.05) is 18.6 Å². The third-order valence-corrected chi connectivity index (χ3v) is 4.19. The van der Waals surface area contributed by atoms with Crippen LogP contribution < -0.4 is 9.64 Å². The molecule has 0 bridgehead atoms. The van der Waals surface area contributed by atoms with Gasteiger partial charge in [-0.2, -0.15) is 4.98 Å². The Kier molecular flexibility index (Phi) is 4.01. The van der Waals surface area contributed by atoms with Crippen LogP contribution in [0.25, 0.3) is 11.5 Å². The Labute approximate surface area is 144 Å². The molecule has 0 unspecified atom stereocenters. The van der Waals surface area contributed by atoms with E-state index in [9.17, 15) is 0 Å². The number of rotatable bonds is 4. The molecule has 1 aliphatic heterocycles. The molecule has 0 radical (unpaired) electrons. The summed E-state index contributed by atoms with van der Waals surface area (Å²) < 4.78 is 10.9. The lowest BCUT2D eigenvalue weighted by atomic mass is 10.1. The van der Waals surface area contributed by atoms with Gasteiger partial charge in [-0.25, -0.2) is 15.0 Å². The van der Waals surface area contributed by atoms with Gasteiger partial charge in [-0.05, 0) is 25.8 Å². The van der Waals surface area contributed by atoms with Gasteiger partial charge in [0, 0.05) is 36.8 Å². The molecule has 0 N–H and O–H groups in total. The third kappa shape index (κ3) is 3.02. The monoisotopic (exact) mass is 338 g/mol. The third-order valence-electron chi connectivity index (χ3n) is 4.19. The zero-order chi connectivity index (χ0) is 17.2. The minimum absolute atomic E-state index is 0.0384. The first-order valence-electron chi connectivity index (χ1n) is 8.15. The minimum Gasteiger partial charge on any atom is -0.481 e. The molecule has 1 aliphatic rings. The second-order valence-electron chi connectivity index (χ2n) is 5.89. The van der Waals surface area contributed by atoms with E-state index in [4.69, 9.17) is 9.26 Å². The van der Waals surface area contributed by atoms with Crippen molar-refractivity contribution in [2.24, 2.45) is 0 Å². The summed E-state index contributed by atoms with van der Waals surface area (Å²) in [6, 6.07) is 5.52. The van der Waals surface area contributed by atoms with Crippen LogP contribution in [-0.2, 0) is 0 Å². The summed E-state index contributed by atoms with van der Waals surface area (Å²) in [6.07, 6.45) is 5.35. The van der Waals surface area contributed by atoms with E-state index in [-0.39, 0.29) is 6.04 Å². The number of anilines is 1. The number of ether oxygens (including phenoxy) is 1. The van der Waals surface area contributed by atoms with Crippen LogP contribution in [0.15, 0.2) is 35.1 Å². The van der Waals surface area contributed by atoms with Gasteiger partial charge in [-0.3, -0.25) is 0 Å². The maximum Gasteiger partial charge on any atom is 0.229 e. The maximum absolute atomic E-state index is 5.58. The molecule has 0 aromatic carbocycles. The quantitative estimate of drug-likeness (QED) is 0.717. The summed E-state index contributed by atoms with van der Waals surface area (Å²) in [5, 5.41) is 4.12. The molecule has 1 saturated heterocycles. The smallest absolute Gasteiger partial charge is 0.229 e. The lowest BCUT2D eigenvalue weighted by Crippen LogP contribution is -2.24. The van der Waals surface area contributed by atoms with Gasteiger partial charge >= 0.3 is 0 Å². The van der Waals surface area contributed by atoms with Crippen molar-refractivity contribution in [1.29, 1.82) is 0 Å². The molecule has 3 aromatic rings. The molecule has 4 heterocycles. The standard InChI is InChI=1S/C17H18N6O2/c1-11-9-15(24-2)21-17(20-11)23-8-3-5-13(23)14-10-12(22-25-14)16-18-6-4-7-19-16/h4,6-7,9-10,13H,3,5,8H2,1-2H3/t13-/m0/s1. The van der Waals surface area contributed by atoms with Crippen molar-refractivity contribution >= 4 is 5.95 Å². The van der Waals surface area contributed by atoms with Crippen molar-refractivity contribution in [2.45, 2.75) is 25.8 Å². The average molecular weight is 338 g/mol. The van der Waals surface area contributed by atoms with E-state index in [1.165, 1.54) is 0 Å². The first-order chi connectivity index (χ1) is 12.2. The number of hydrogen-bond donors (Lipinski definition) is 0. The van der Waals surface area contributed by atoms with E-state index in [1.54, 1.807) is 25.6 Å². The fourth-order valence-corrected chi connectivity index (χ4v) is 3.04. The van der Waals surface area contributed by atoms with Crippen molar-refractivity contribution in [3.8, 4) is 17.4 Å². The molecule has 0 aliphatic carbocycles. The van der Waals surface area contributed by atoms with Crippen LogP contribution in [0.3, 0.4) is 0 Å². The molecule has 4 rings (SSSR count). The number of nitrogens with zero attached hydrogens (tertiary/aromatic N) is 6. The van der Waals surface area contributed by atoms with Gasteiger partial charge < -0.3 is 14.2 Å². The van der Waals surface area contributed by atoms with E-state index in [1.807, 2.05) is 19.1 Å². The first kappa shape index (κ1) is 15.5. The Morgan fingerprint density at radius 1 is 1.20 bits per heavy atom. The Morgan fingerprint density at radius 3 is 2.84 bits per heavy atom. The fourth-order valence-electron chi connectivity index (χ4n) is 3.04. The predicted octanol–water partition coefficient (Wildman–Crippen LogP) is 2.58. The topological polar surface area (TPSA) is 90.1 Å². The highest BCUT2D eigenvalue weighted by Gasteiger charge is 2.32. The molecule has 3 aromatic heterocycles. The van der Waals surface area contributed by atoms with E-state index < -0.39 is 0 Å². The van der Waals surface area contributed by atoms with Crippen LogP contribution in [0, 0.1) is 6.92 Å². The SMILES string of the molecule is COc1cc(C)nc(N2CCC[C@H]2c2cc(-c3ncccn3)no2)n1. The molecule has 1 fully saturated rings. The van der Waals surface area contributed by atoms with Gasteiger partial charge in [-0.1, -0.05) is 5.16 Å². The van der Waals surface area contributed by atoms with Gasteiger partial charge in [0.05, 0.1) is 13.2 Å². The number of aromatic nitrogens is 5. The molecule has 25 heavy (non-hydrogen) atoms. The summed E-state index contributed by atoms with van der Waals surface area (Å²) >= 11 is 0. The minimum atomic E-state index is 0.0384. The Hall–Kier alpha value is -3.03. The predicted molar refractivity (Wildman–Crippen MR) is 90.2 cm³/mol. The first-order valence-corrected chi connectivity index (χ1v) is 8.15. The fraction of sp³-hybridized carbons (Fsp3) is 0.353. The van der Waals surface area contributed by atoms with Gasteiger partial charge in [-0.15, -0.1) is 0 Å². The zero-order valence-electron chi connectivity index (χ0n) is 14.1. The molecule has 1 atom stereocenters. The van der Waals surface area contributed by atoms with Crippen LogP contribution in [0.4, 0.5) is 5.95 Å². The second-order valence-corrected chi connectivity index (χ2v) is 5.89. The molecule has 8 heteroatoms. The van der Waals surface area contributed by atoms with Crippen LogP contribution in [-0.4, -0.2) is 38.7 Å². The van der Waals surface area contributed by atoms with E-state index in [2.05, 4.69) is 30.0 Å². The largest absolute Gasteiger partial charge is 0.481 e. The average Bonchev–Trinajstić information content (AvgIpc) is 3.31. The van der Waals surface area contributed by atoms with Gasteiger partial charge in [0.25, 0.3) is 0 Å².